The third kappa shape index (κ3) is 2.46. The summed E-state index contributed by atoms with van der Waals surface area (Å²) in [6.07, 6.45) is -4.95. The second kappa shape index (κ2) is 4.84. The first-order valence-corrected chi connectivity index (χ1v) is 4.52. The van der Waals surface area contributed by atoms with Crippen LogP contribution in [-0.4, -0.2) is 5.78 Å². The zero-order valence-corrected chi connectivity index (χ0v) is 8.62. The lowest BCUT2D eigenvalue weighted by molar-refractivity contribution is -0.140. The number of Topliss-reactive ketones (excluding diaryl/α,β-unsaturated/α-hetero) is 1. The van der Waals surface area contributed by atoms with Gasteiger partial charge in [-0.05, 0) is 12.1 Å². The van der Waals surface area contributed by atoms with Crippen LogP contribution in [0.4, 0.5) is 17.6 Å². The van der Waals surface area contributed by atoms with Gasteiger partial charge in [0.1, 0.15) is 5.82 Å². The molecule has 0 unspecified atom stereocenters. The Kier molecular flexibility index (Phi) is 3.67. The van der Waals surface area contributed by atoms with Gasteiger partial charge in [0.05, 0.1) is 23.3 Å². The third-order valence-corrected chi connectivity index (χ3v) is 2.09. The molecule has 3 nitrogen and oxygen atoms in total. The van der Waals surface area contributed by atoms with Gasteiger partial charge < -0.3 is 0 Å². The van der Waals surface area contributed by atoms with Gasteiger partial charge in [-0.2, -0.15) is 23.7 Å². The predicted molar refractivity (Wildman–Crippen MR) is 50.4 cm³/mol. The molecule has 0 spiro atoms. The van der Waals surface area contributed by atoms with Gasteiger partial charge in [-0.25, -0.2) is 4.39 Å². The molecular formula is C11H4F4N2O. The topological polar surface area (TPSA) is 64.7 Å². The van der Waals surface area contributed by atoms with E-state index in [1.54, 1.807) is 0 Å². The van der Waals surface area contributed by atoms with Gasteiger partial charge in [-0.1, -0.05) is 6.07 Å². The number of nitriles is 2. The highest BCUT2D eigenvalue weighted by Gasteiger charge is 2.36. The maximum atomic E-state index is 13.5. The summed E-state index contributed by atoms with van der Waals surface area (Å²) in [5, 5.41) is 16.9. The Labute approximate surface area is 98.9 Å². The van der Waals surface area contributed by atoms with E-state index in [9.17, 15) is 22.4 Å². The molecule has 1 aromatic rings. The van der Waals surface area contributed by atoms with Crippen molar-refractivity contribution < 1.29 is 22.4 Å². The highest BCUT2D eigenvalue weighted by molar-refractivity contribution is 6.01. The Hall–Kier alpha value is -2.41. The van der Waals surface area contributed by atoms with Gasteiger partial charge >= 0.3 is 6.18 Å². The largest absolute Gasteiger partial charge is 0.419 e. The summed E-state index contributed by atoms with van der Waals surface area (Å²) in [6, 6.07) is 4.66. The van der Waals surface area contributed by atoms with E-state index in [4.69, 9.17) is 10.5 Å². The molecule has 0 aromatic heterocycles. The normalized spacial score (nSPS) is 10.8. The van der Waals surface area contributed by atoms with Gasteiger partial charge in [0, 0.05) is 0 Å². The Morgan fingerprint density at radius 2 is 1.78 bits per heavy atom. The number of alkyl halides is 3. The standard InChI is InChI=1S/C11H4F4N2O/c12-9-7(10(18)6(4-16)5-17)2-1-3-8(9)11(13,14)15/h1-3,6H. The van der Waals surface area contributed by atoms with Crippen molar-refractivity contribution >= 4 is 5.78 Å². The van der Waals surface area contributed by atoms with Gasteiger partial charge in [0.15, 0.2) is 11.7 Å². The highest BCUT2D eigenvalue weighted by atomic mass is 19.4. The molecule has 1 rings (SSSR count). The van der Waals surface area contributed by atoms with Gasteiger partial charge in [-0.3, -0.25) is 4.79 Å². The summed E-state index contributed by atoms with van der Waals surface area (Å²) in [6.45, 7) is 0. The van der Waals surface area contributed by atoms with E-state index in [1.165, 1.54) is 12.1 Å². The molecular weight excluding hydrogens is 252 g/mol. The van der Waals surface area contributed by atoms with Crippen LogP contribution in [0.2, 0.25) is 0 Å². The Bertz CT molecular complexity index is 552. The average Bonchev–Trinajstić information content (AvgIpc) is 2.29. The van der Waals surface area contributed by atoms with Crippen molar-refractivity contribution in [3.63, 3.8) is 0 Å². The highest BCUT2D eigenvalue weighted by Crippen LogP contribution is 2.32. The molecule has 0 saturated heterocycles. The minimum absolute atomic E-state index is 0.472. The summed E-state index contributed by atoms with van der Waals surface area (Å²) in [5.41, 5.74) is -2.53. The van der Waals surface area contributed by atoms with Crippen molar-refractivity contribution in [3.05, 3.63) is 35.1 Å². The smallest absolute Gasteiger partial charge is 0.291 e. The molecule has 7 heteroatoms. The van der Waals surface area contributed by atoms with Crippen molar-refractivity contribution in [1.29, 1.82) is 10.5 Å². The number of carbonyl (C=O) groups is 1. The second-order valence-corrected chi connectivity index (χ2v) is 3.22. The van der Waals surface area contributed by atoms with E-state index in [0.29, 0.717) is 6.07 Å². The Morgan fingerprint density at radius 3 is 2.22 bits per heavy atom. The van der Waals surface area contributed by atoms with E-state index in [2.05, 4.69) is 0 Å². The second-order valence-electron chi connectivity index (χ2n) is 3.22. The molecule has 0 saturated carbocycles. The summed E-state index contributed by atoms with van der Waals surface area (Å²) in [4.78, 5) is 11.5. The summed E-state index contributed by atoms with van der Waals surface area (Å²) >= 11 is 0. The van der Waals surface area contributed by atoms with Crippen LogP contribution >= 0.6 is 0 Å². The molecule has 0 N–H and O–H groups in total. The van der Waals surface area contributed by atoms with Crippen molar-refractivity contribution in [1.82, 2.24) is 0 Å². The molecule has 0 atom stereocenters. The molecule has 0 radical (unpaired) electrons. The first-order chi connectivity index (χ1) is 8.32. The number of hydrogen-bond acceptors (Lipinski definition) is 3. The lowest BCUT2D eigenvalue weighted by atomic mass is 9.97. The Balaban J connectivity index is 3.34. The van der Waals surface area contributed by atoms with E-state index in [-0.39, 0.29) is 0 Å². The third-order valence-electron chi connectivity index (χ3n) is 2.09. The monoisotopic (exact) mass is 256 g/mol. The minimum Gasteiger partial charge on any atom is -0.291 e. The average molecular weight is 256 g/mol. The number of ketones is 1. The number of rotatable bonds is 2. The molecule has 0 aliphatic rings. The minimum atomic E-state index is -4.95. The molecule has 0 fully saturated rings. The predicted octanol–water partition coefficient (Wildman–Crippen LogP) is 2.69. The van der Waals surface area contributed by atoms with E-state index < -0.39 is 34.8 Å². The number of nitrogens with zero attached hydrogens (tertiary/aromatic N) is 2. The van der Waals surface area contributed by atoms with E-state index >= 15 is 0 Å². The number of benzene rings is 1. The van der Waals surface area contributed by atoms with E-state index in [1.807, 2.05) is 0 Å². The SMILES string of the molecule is N#CC(C#N)C(=O)c1cccc(C(F)(F)F)c1F. The van der Waals surface area contributed by atoms with Crippen LogP contribution in [-0.2, 0) is 6.18 Å². The summed E-state index contributed by atoms with van der Waals surface area (Å²) in [5.74, 6) is -4.89. The van der Waals surface area contributed by atoms with Gasteiger partial charge in [0.25, 0.3) is 0 Å². The summed E-state index contributed by atoms with van der Waals surface area (Å²) in [7, 11) is 0. The van der Waals surface area contributed by atoms with Gasteiger partial charge in [-0.15, -0.1) is 0 Å². The lowest BCUT2D eigenvalue weighted by Crippen LogP contribution is -2.16. The molecule has 0 amide bonds. The van der Waals surface area contributed by atoms with Crippen molar-refractivity contribution in [2.45, 2.75) is 6.18 Å². The van der Waals surface area contributed by atoms with Crippen LogP contribution in [0.5, 0.6) is 0 Å². The molecule has 1 aromatic carbocycles. The molecule has 0 heterocycles. The fourth-order valence-electron chi connectivity index (χ4n) is 1.24. The quantitative estimate of drug-likeness (QED) is 0.603. The molecule has 92 valence electrons. The van der Waals surface area contributed by atoms with Crippen LogP contribution in [0.15, 0.2) is 18.2 Å². The van der Waals surface area contributed by atoms with Gasteiger partial charge in [0.2, 0.25) is 0 Å². The first kappa shape index (κ1) is 13.7. The van der Waals surface area contributed by atoms with Crippen LogP contribution in [0.25, 0.3) is 0 Å². The fraction of sp³-hybridized carbons (Fsp3) is 0.182. The zero-order chi connectivity index (χ0) is 13.9. The maximum Gasteiger partial charge on any atom is 0.419 e. The number of halogens is 4. The molecule has 0 aliphatic carbocycles. The van der Waals surface area contributed by atoms with Crippen molar-refractivity contribution in [2.75, 3.05) is 0 Å². The molecule has 0 aliphatic heterocycles. The number of hydrogen-bond donors (Lipinski definition) is 0. The van der Waals surface area contributed by atoms with Crippen molar-refractivity contribution in [2.24, 2.45) is 5.92 Å². The summed E-state index contributed by atoms with van der Waals surface area (Å²) < 4.78 is 50.6. The van der Waals surface area contributed by atoms with E-state index in [0.717, 1.165) is 12.1 Å². The number of carbonyl (C=O) groups excluding carboxylic acids is 1. The van der Waals surface area contributed by atoms with Crippen LogP contribution in [0.3, 0.4) is 0 Å². The molecule has 0 bridgehead atoms. The zero-order valence-electron chi connectivity index (χ0n) is 8.62. The fourth-order valence-corrected chi connectivity index (χ4v) is 1.24. The molecule has 18 heavy (non-hydrogen) atoms. The Morgan fingerprint density at radius 1 is 1.22 bits per heavy atom. The maximum absolute atomic E-state index is 13.5. The van der Waals surface area contributed by atoms with Crippen LogP contribution < -0.4 is 0 Å². The van der Waals surface area contributed by atoms with Crippen LogP contribution in [0, 0.1) is 34.4 Å². The van der Waals surface area contributed by atoms with Crippen molar-refractivity contribution in [3.8, 4) is 12.1 Å². The first-order valence-electron chi connectivity index (χ1n) is 4.52. The van der Waals surface area contributed by atoms with Crippen LogP contribution in [0.1, 0.15) is 15.9 Å². The lowest BCUT2D eigenvalue weighted by Gasteiger charge is -2.10.